The molecule has 124 valence electrons. The van der Waals surface area contributed by atoms with Crippen molar-refractivity contribution in [2.24, 2.45) is 0 Å². The minimum Gasteiger partial charge on any atom is -0.540 e. The van der Waals surface area contributed by atoms with Crippen molar-refractivity contribution in [2.75, 3.05) is 0 Å². The van der Waals surface area contributed by atoms with Gasteiger partial charge in [-0.2, -0.15) is 0 Å². The van der Waals surface area contributed by atoms with Crippen LogP contribution in [0.4, 0.5) is 0 Å². The lowest BCUT2D eigenvalue weighted by molar-refractivity contribution is 0.430. The van der Waals surface area contributed by atoms with Gasteiger partial charge in [0.2, 0.25) is 8.32 Å². The molecular formula is C15H35NOSSi3. The Bertz CT molecular complexity index is 353. The summed E-state index contributed by atoms with van der Waals surface area (Å²) in [6.07, 6.45) is 3.89. The predicted molar refractivity (Wildman–Crippen MR) is 109 cm³/mol. The molecule has 0 aliphatic carbocycles. The van der Waals surface area contributed by atoms with E-state index in [2.05, 4.69) is 69.7 Å². The van der Waals surface area contributed by atoms with Crippen LogP contribution in [-0.2, 0) is 4.43 Å². The zero-order chi connectivity index (χ0) is 17.1. The summed E-state index contributed by atoms with van der Waals surface area (Å²) < 4.78 is 8.85. The summed E-state index contributed by atoms with van der Waals surface area (Å²) >= 11 is 5.54. The van der Waals surface area contributed by atoms with E-state index in [9.17, 15) is 0 Å². The summed E-state index contributed by atoms with van der Waals surface area (Å²) in [5, 5.41) is 0.794. The molecule has 0 N–H and O–H groups in total. The standard InChI is InChI=1S/C15H35NOSSi3/c1-11-12-14(13-15(18)17-21(8,9)10)16(19(2,3)4)20(5,6)7/h11,14H,1,12-13H2,2-10H3. The van der Waals surface area contributed by atoms with E-state index in [1.807, 2.05) is 6.08 Å². The van der Waals surface area contributed by atoms with Gasteiger partial charge in [0.05, 0.1) is 0 Å². The van der Waals surface area contributed by atoms with Crippen LogP contribution in [-0.4, -0.2) is 40.1 Å². The molecule has 0 fully saturated rings. The smallest absolute Gasteiger partial charge is 0.242 e. The van der Waals surface area contributed by atoms with Crippen LogP contribution in [0.1, 0.15) is 12.8 Å². The highest BCUT2D eigenvalue weighted by atomic mass is 32.1. The van der Waals surface area contributed by atoms with Crippen LogP contribution in [0, 0.1) is 0 Å². The maximum absolute atomic E-state index is 6.03. The maximum atomic E-state index is 6.03. The van der Waals surface area contributed by atoms with Crippen molar-refractivity contribution in [1.82, 2.24) is 4.23 Å². The fourth-order valence-electron chi connectivity index (χ4n) is 3.15. The van der Waals surface area contributed by atoms with Crippen molar-refractivity contribution < 1.29 is 4.43 Å². The Labute approximate surface area is 141 Å². The minimum absolute atomic E-state index is 0.449. The average molecular weight is 362 g/mol. The highest BCUT2D eigenvalue weighted by Gasteiger charge is 2.39. The monoisotopic (exact) mass is 361 g/mol. The van der Waals surface area contributed by atoms with Crippen molar-refractivity contribution in [2.45, 2.75) is 77.8 Å². The highest BCUT2D eigenvalue weighted by molar-refractivity contribution is 7.80. The van der Waals surface area contributed by atoms with E-state index in [1.54, 1.807) is 0 Å². The Balaban J connectivity index is 5.26. The van der Waals surface area contributed by atoms with Crippen molar-refractivity contribution in [3.05, 3.63) is 12.7 Å². The molecule has 0 saturated carbocycles. The Morgan fingerprint density at radius 3 is 1.76 bits per heavy atom. The van der Waals surface area contributed by atoms with Gasteiger partial charge in [-0.05, 0) is 38.3 Å². The van der Waals surface area contributed by atoms with Gasteiger partial charge >= 0.3 is 0 Å². The second-order valence-electron chi connectivity index (χ2n) is 8.68. The molecule has 0 rings (SSSR count). The predicted octanol–water partition coefficient (Wildman–Crippen LogP) is 5.47. The van der Waals surface area contributed by atoms with E-state index in [0.717, 1.165) is 17.9 Å². The lowest BCUT2D eigenvalue weighted by atomic mass is 10.1. The third-order valence-corrected chi connectivity index (χ3v) is 12.0. The molecule has 21 heavy (non-hydrogen) atoms. The van der Waals surface area contributed by atoms with Gasteiger partial charge in [0.1, 0.15) is 21.5 Å². The average Bonchev–Trinajstić information content (AvgIpc) is 2.08. The molecule has 0 spiro atoms. The third kappa shape index (κ3) is 8.44. The molecule has 0 aromatic heterocycles. The molecule has 0 aliphatic heterocycles. The number of thiocarbonyl (C=S) groups is 1. The first-order chi connectivity index (χ1) is 9.18. The van der Waals surface area contributed by atoms with Crippen LogP contribution in [0.25, 0.3) is 0 Å². The Morgan fingerprint density at radius 1 is 1.05 bits per heavy atom. The molecule has 1 unspecified atom stereocenters. The maximum Gasteiger partial charge on any atom is 0.242 e. The molecule has 1 atom stereocenters. The first-order valence-electron chi connectivity index (χ1n) is 7.80. The third-order valence-electron chi connectivity index (χ3n) is 3.07. The van der Waals surface area contributed by atoms with E-state index >= 15 is 0 Å². The summed E-state index contributed by atoms with van der Waals surface area (Å²) in [7, 11) is -4.41. The molecule has 0 amide bonds. The van der Waals surface area contributed by atoms with Gasteiger partial charge in [-0.25, -0.2) is 0 Å². The van der Waals surface area contributed by atoms with Crippen molar-refractivity contribution in [3.8, 4) is 0 Å². The summed E-state index contributed by atoms with van der Waals surface area (Å²) in [6, 6.07) is 0.449. The van der Waals surface area contributed by atoms with E-state index < -0.39 is 24.8 Å². The largest absolute Gasteiger partial charge is 0.540 e. The topological polar surface area (TPSA) is 12.5 Å². The van der Waals surface area contributed by atoms with Crippen LogP contribution in [0.2, 0.25) is 58.9 Å². The molecule has 0 radical (unpaired) electrons. The Hall–Kier alpha value is 0.241. The first-order valence-corrected chi connectivity index (χ1v) is 18.5. The summed E-state index contributed by atoms with van der Waals surface area (Å²) in [6.45, 7) is 25.1. The molecule has 2 nitrogen and oxygen atoms in total. The zero-order valence-electron chi connectivity index (χ0n) is 15.5. The molecule has 0 heterocycles. The summed E-state index contributed by atoms with van der Waals surface area (Å²) in [5.41, 5.74) is 0. The molecule has 0 aromatic carbocycles. The molecule has 0 aromatic rings. The number of rotatable bonds is 8. The summed E-state index contributed by atoms with van der Waals surface area (Å²) in [4.78, 5) is 0. The van der Waals surface area contributed by atoms with Crippen molar-refractivity contribution in [3.63, 3.8) is 0 Å². The van der Waals surface area contributed by atoms with Gasteiger partial charge in [0, 0.05) is 12.5 Å². The van der Waals surface area contributed by atoms with Crippen molar-refractivity contribution in [1.29, 1.82) is 0 Å². The van der Waals surface area contributed by atoms with Gasteiger partial charge in [-0.15, -0.1) is 6.58 Å². The molecule has 6 heteroatoms. The van der Waals surface area contributed by atoms with Gasteiger partial charge in [-0.3, -0.25) is 0 Å². The second-order valence-corrected chi connectivity index (χ2v) is 23.7. The van der Waals surface area contributed by atoms with E-state index in [4.69, 9.17) is 16.6 Å². The normalized spacial score (nSPS) is 15.0. The molecule has 0 aliphatic rings. The fourth-order valence-corrected chi connectivity index (χ4v) is 15.5. The Morgan fingerprint density at radius 2 is 1.48 bits per heavy atom. The number of nitrogens with zero attached hydrogens (tertiary/aromatic N) is 1. The van der Waals surface area contributed by atoms with E-state index in [-0.39, 0.29) is 0 Å². The minimum atomic E-state index is -1.60. The van der Waals surface area contributed by atoms with Crippen LogP contribution in [0.15, 0.2) is 12.7 Å². The Kier molecular flexibility index (Phi) is 7.77. The highest BCUT2D eigenvalue weighted by Crippen LogP contribution is 2.27. The number of hydrogen-bond donors (Lipinski definition) is 0. The second kappa shape index (κ2) is 7.68. The van der Waals surface area contributed by atoms with Gasteiger partial charge < -0.3 is 8.66 Å². The SMILES string of the molecule is C=CCC(CC(=S)O[Si](C)(C)C)N([Si](C)(C)C)[Si](C)(C)C. The first kappa shape index (κ1) is 21.2. The van der Waals surface area contributed by atoms with E-state index in [1.165, 1.54) is 0 Å². The molecular weight excluding hydrogens is 326 g/mol. The molecule has 0 bridgehead atoms. The summed E-state index contributed by atoms with van der Waals surface area (Å²) in [5.74, 6) is 0. The zero-order valence-corrected chi connectivity index (χ0v) is 19.4. The van der Waals surface area contributed by atoms with Crippen LogP contribution in [0.3, 0.4) is 0 Å². The van der Waals surface area contributed by atoms with Crippen LogP contribution in [0.5, 0.6) is 0 Å². The van der Waals surface area contributed by atoms with Gasteiger partial charge in [-0.1, -0.05) is 45.4 Å². The lowest BCUT2D eigenvalue weighted by Crippen LogP contribution is -2.63. The van der Waals surface area contributed by atoms with Crippen LogP contribution >= 0.6 is 12.2 Å². The van der Waals surface area contributed by atoms with E-state index in [0.29, 0.717) is 6.04 Å². The van der Waals surface area contributed by atoms with Crippen LogP contribution < -0.4 is 0 Å². The fraction of sp³-hybridized carbons (Fsp3) is 0.800. The van der Waals surface area contributed by atoms with Gasteiger partial charge in [0.15, 0.2) is 0 Å². The lowest BCUT2D eigenvalue weighted by Gasteiger charge is -2.48. The number of hydrogen-bond acceptors (Lipinski definition) is 3. The van der Waals surface area contributed by atoms with Gasteiger partial charge in [0.25, 0.3) is 0 Å². The quantitative estimate of drug-likeness (QED) is 0.323. The van der Waals surface area contributed by atoms with Crippen molar-refractivity contribution >= 4 is 42.1 Å². The molecule has 0 saturated heterocycles.